The number of nitrogens with zero attached hydrogens (tertiary/aromatic N) is 3. The van der Waals surface area contributed by atoms with E-state index in [1.54, 1.807) is 7.11 Å². The highest BCUT2D eigenvalue weighted by Gasteiger charge is 2.37. The van der Waals surface area contributed by atoms with Gasteiger partial charge in [0.2, 0.25) is 5.95 Å². The smallest absolute Gasteiger partial charge is 0.407 e. The number of hydrogen-bond acceptors (Lipinski definition) is 10. The second kappa shape index (κ2) is 9.66. The van der Waals surface area contributed by atoms with E-state index in [1.807, 2.05) is 24.3 Å². The zero-order valence-corrected chi connectivity index (χ0v) is 17.5. The van der Waals surface area contributed by atoms with E-state index in [1.165, 1.54) is 6.33 Å². The third-order valence-electron chi connectivity index (χ3n) is 5.21. The molecule has 12 heteroatoms. The van der Waals surface area contributed by atoms with Crippen molar-refractivity contribution in [2.75, 3.05) is 37.8 Å². The van der Waals surface area contributed by atoms with Gasteiger partial charge in [-0.3, -0.25) is 0 Å². The van der Waals surface area contributed by atoms with E-state index in [2.05, 4.69) is 35.9 Å². The average molecular weight is 442 g/mol. The number of amides is 1. The van der Waals surface area contributed by atoms with E-state index >= 15 is 0 Å². The zero-order chi connectivity index (χ0) is 22.5. The fourth-order valence-corrected chi connectivity index (χ4v) is 3.63. The van der Waals surface area contributed by atoms with E-state index in [0.29, 0.717) is 36.5 Å². The van der Waals surface area contributed by atoms with Gasteiger partial charge in [0.25, 0.3) is 0 Å². The van der Waals surface area contributed by atoms with Gasteiger partial charge >= 0.3 is 6.09 Å². The first-order valence-corrected chi connectivity index (χ1v) is 10.2. The number of ether oxygens (including phenoxy) is 2. The molecule has 3 atom stereocenters. The number of aromatic amines is 1. The summed E-state index contributed by atoms with van der Waals surface area (Å²) >= 11 is 0. The lowest BCUT2D eigenvalue weighted by Gasteiger charge is -2.22. The van der Waals surface area contributed by atoms with E-state index < -0.39 is 18.3 Å². The number of carbonyl (C=O) groups excluding carboxylic acids is 1. The number of nitrogens with two attached hydrogens (primary N) is 1. The molecule has 1 aromatic carbocycles. The van der Waals surface area contributed by atoms with Gasteiger partial charge < -0.3 is 41.2 Å². The molecule has 1 amide bonds. The molecule has 2 aromatic heterocycles. The number of alkyl carbamates (subject to hydrolysis) is 1. The van der Waals surface area contributed by atoms with E-state index in [0.717, 1.165) is 11.3 Å². The molecule has 0 aliphatic carbocycles. The van der Waals surface area contributed by atoms with Gasteiger partial charge in [-0.1, -0.05) is 12.1 Å². The Morgan fingerprint density at radius 3 is 2.88 bits per heavy atom. The molecule has 4 rings (SSSR count). The number of aliphatic hydroxyl groups is 1. The van der Waals surface area contributed by atoms with Crippen molar-refractivity contribution >= 4 is 29.0 Å². The van der Waals surface area contributed by atoms with Crippen LogP contribution < -0.4 is 26.4 Å². The number of aliphatic hydroxyl groups excluding tert-OH is 1. The number of benzene rings is 1. The van der Waals surface area contributed by atoms with Crippen molar-refractivity contribution in [3.05, 3.63) is 36.2 Å². The third-order valence-corrected chi connectivity index (χ3v) is 5.21. The van der Waals surface area contributed by atoms with Crippen LogP contribution in [0.2, 0.25) is 0 Å². The van der Waals surface area contributed by atoms with Gasteiger partial charge in [-0.2, -0.15) is 9.97 Å². The minimum Gasteiger partial charge on any atom is -0.497 e. The van der Waals surface area contributed by atoms with Crippen LogP contribution in [0.25, 0.3) is 11.2 Å². The number of methoxy groups -OCH3 is 1. The Bertz CT molecular complexity index is 1060. The molecule has 32 heavy (non-hydrogen) atoms. The van der Waals surface area contributed by atoms with Gasteiger partial charge in [-0.05, 0) is 24.1 Å². The number of H-pyrrole nitrogens is 1. The van der Waals surface area contributed by atoms with E-state index in [9.17, 15) is 9.90 Å². The van der Waals surface area contributed by atoms with Gasteiger partial charge in [-0.25, -0.2) is 9.78 Å². The maximum Gasteiger partial charge on any atom is 0.407 e. The Labute approximate surface area is 183 Å². The molecule has 1 aliphatic heterocycles. The van der Waals surface area contributed by atoms with Crippen LogP contribution >= 0.6 is 0 Å². The highest BCUT2D eigenvalue weighted by atomic mass is 16.6. The number of rotatable bonds is 8. The summed E-state index contributed by atoms with van der Waals surface area (Å²) < 4.78 is 10.7. The van der Waals surface area contributed by atoms with Crippen molar-refractivity contribution in [1.29, 1.82) is 0 Å². The average Bonchev–Trinajstić information content (AvgIpc) is 3.39. The van der Waals surface area contributed by atoms with Gasteiger partial charge in [0.1, 0.15) is 23.5 Å². The number of fused-ring (bicyclic) bond motifs is 1. The number of β-amino-alcohol motifs (C(OH)–C–C–N with tert-alkyl or cyclic N) is 1. The normalized spacial score (nSPS) is 20.2. The van der Waals surface area contributed by atoms with Crippen LogP contribution in [0.4, 0.5) is 16.6 Å². The molecule has 1 saturated heterocycles. The maximum atomic E-state index is 12.3. The van der Waals surface area contributed by atoms with Crippen LogP contribution in [0.5, 0.6) is 5.75 Å². The van der Waals surface area contributed by atoms with Gasteiger partial charge in [0.15, 0.2) is 11.5 Å². The zero-order valence-electron chi connectivity index (χ0n) is 17.5. The summed E-state index contributed by atoms with van der Waals surface area (Å²) in [6, 6.07) is 7.45. The number of aromatic nitrogens is 4. The minimum absolute atomic E-state index is 0.102. The molecule has 0 unspecified atom stereocenters. The molecule has 3 aromatic rings. The second-order valence-electron chi connectivity index (χ2n) is 7.39. The molecule has 3 heterocycles. The Hall–Kier alpha value is -3.64. The van der Waals surface area contributed by atoms with Crippen LogP contribution in [0.15, 0.2) is 30.6 Å². The highest BCUT2D eigenvalue weighted by Crippen LogP contribution is 2.19. The van der Waals surface area contributed by atoms with Crippen molar-refractivity contribution in [1.82, 2.24) is 30.6 Å². The lowest BCUT2D eigenvalue weighted by atomic mass is 10.0. The molecule has 12 nitrogen and oxygen atoms in total. The van der Waals surface area contributed by atoms with Crippen LogP contribution in [-0.2, 0) is 11.2 Å². The summed E-state index contributed by atoms with van der Waals surface area (Å²) in [5, 5.41) is 19.2. The number of anilines is 2. The Morgan fingerprint density at radius 2 is 2.09 bits per heavy atom. The largest absolute Gasteiger partial charge is 0.497 e. The maximum absolute atomic E-state index is 12.3. The van der Waals surface area contributed by atoms with Crippen molar-refractivity contribution in [3.8, 4) is 5.75 Å². The predicted molar refractivity (Wildman–Crippen MR) is 117 cm³/mol. The Balaban J connectivity index is 1.26. The Kier molecular flexibility index (Phi) is 6.52. The molecule has 170 valence electrons. The van der Waals surface area contributed by atoms with Crippen LogP contribution in [-0.4, -0.2) is 76.1 Å². The molecule has 1 aliphatic rings. The minimum atomic E-state index is -0.778. The van der Waals surface area contributed by atoms with Crippen molar-refractivity contribution in [2.45, 2.75) is 24.7 Å². The number of nitrogen functional groups attached to an aromatic ring is 1. The molecule has 7 N–H and O–H groups in total. The van der Waals surface area contributed by atoms with Crippen LogP contribution in [0.3, 0.4) is 0 Å². The lowest BCUT2D eigenvalue weighted by molar-refractivity contribution is 0.0191. The number of nitrogens with one attached hydrogen (secondary N) is 4. The second-order valence-corrected chi connectivity index (χ2v) is 7.39. The number of hydrogen-bond donors (Lipinski definition) is 6. The first-order chi connectivity index (χ1) is 15.5. The van der Waals surface area contributed by atoms with Crippen LogP contribution in [0.1, 0.15) is 5.56 Å². The summed E-state index contributed by atoms with van der Waals surface area (Å²) in [6.45, 7) is 1.01. The lowest BCUT2D eigenvalue weighted by Crippen LogP contribution is -2.42. The quantitative estimate of drug-likeness (QED) is 0.261. The summed E-state index contributed by atoms with van der Waals surface area (Å²) in [6.07, 6.45) is 0.0722. The van der Waals surface area contributed by atoms with Crippen molar-refractivity contribution < 1.29 is 19.4 Å². The standard InChI is InChI=1S/C20H26N8O4/c1-31-12-4-2-11(3-5-12)8-13-16(14(29)9-24-13)32-20(30)23-7-6-22-17-15-18(26-10-25-15)28-19(21)27-17/h2-5,10,13-14,16,24,29H,6-9H2,1H3,(H,23,30)(H4,21,22,25,26,27,28)/t13-,14+,16+/m1/s1. The van der Waals surface area contributed by atoms with Crippen molar-refractivity contribution in [2.24, 2.45) is 0 Å². The number of imidazole rings is 1. The first-order valence-electron chi connectivity index (χ1n) is 10.2. The fraction of sp³-hybridized carbons (Fsp3) is 0.400. The molecule has 0 saturated carbocycles. The summed E-state index contributed by atoms with van der Waals surface area (Å²) in [5.74, 6) is 1.37. The number of carbonyl (C=O) groups is 1. The van der Waals surface area contributed by atoms with Crippen molar-refractivity contribution in [3.63, 3.8) is 0 Å². The predicted octanol–water partition coefficient (Wildman–Crippen LogP) is 0.0258. The summed E-state index contributed by atoms with van der Waals surface area (Å²) in [7, 11) is 1.61. The van der Waals surface area contributed by atoms with Crippen LogP contribution in [0, 0.1) is 0 Å². The fourth-order valence-electron chi connectivity index (χ4n) is 3.63. The van der Waals surface area contributed by atoms with Gasteiger partial charge in [0.05, 0.1) is 19.5 Å². The first kappa shape index (κ1) is 21.6. The topological polar surface area (TPSA) is 172 Å². The SMILES string of the molecule is COc1ccc(C[C@H]2NC[C@H](O)[C@H]2OC(=O)NCCNc2nc(N)nc3nc[nH]c23)cc1. The highest BCUT2D eigenvalue weighted by molar-refractivity contribution is 5.83. The summed E-state index contributed by atoms with van der Waals surface area (Å²) in [5.41, 5.74) is 7.81. The monoisotopic (exact) mass is 442 g/mol. The van der Waals surface area contributed by atoms with Gasteiger partial charge in [0, 0.05) is 19.6 Å². The third kappa shape index (κ3) is 4.98. The van der Waals surface area contributed by atoms with E-state index in [-0.39, 0.29) is 18.5 Å². The molecule has 1 fully saturated rings. The van der Waals surface area contributed by atoms with E-state index in [4.69, 9.17) is 15.2 Å². The molecular weight excluding hydrogens is 416 g/mol. The molecule has 0 bridgehead atoms. The molecular formula is C20H26N8O4. The summed E-state index contributed by atoms with van der Waals surface area (Å²) in [4.78, 5) is 27.4. The Morgan fingerprint density at radius 1 is 1.28 bits per heavy atom. The molecule has 0 radical (unpaired) electrons. The molecule has 0 spiro atoms. The van der Waals surface area contributed by atoms with Gasteiger partial charge in [-0.15, -0.1) is 0 Å².